The van der Waals surface area contributed by atoms with Crippen LogP contribution in [-0.2, 0) is 4.74 Å². The molecule has 2 heteroatoms. The van der Waals surface area contributed by atoms with E-state index in [1.54, 1.807) is 6.08 Å². The minimum absolute atomic E-state index is 0.152. The number of hydrogen-bond acceptors (Lipinski definition) is 2. The van der Waals surface area contributed by atoms with Gasteiger partial charge in [-0.15, -0.1) is 6.58 Å². The van der Waals surface area contributed by atoms with Crippen molar-refractivity contribution in [2.45, 2.75) is 12.5 Å². The zero-order valence-corrected chi connectivity index (χ0v) is 5.42. The molecule has 0 aromatic carbocycles. The van der Waals surface area contributed by atoms with Gasteiger partial charge in [0.15, 0.2) is 0 Å². The van der Waals surface area contributed by atoms with Crippen molar-refractivity contribution in [3.63, 3.8) is 0 Å². The molecule has 1 saturated heterocycles. The molecule has 0 aromatic heterocycles. The molecular formula is C7H12O2. The summed E-state index contributed by atoms with van der Waals surface area (Å²) in [6.07, 6.45) is 2.27. The van der Waals surface area contributed by atoms with Crippen LogP contribution in [0.4, 0.5) is 0 Å². The monoisotopic (exact) mass is 128 g/mol. The summed E-state index contributed by atoms with van der Waals surface area (Å²) in [5.74, 6) is 0.152. The first kappa shape index (κ1) is 6.78. The van der Waals surface area contributed by atoms with Crippen LogP contribution in [0.1, 0.15) is 6.42 Å². The number of rotatable bonds is 1. The van der Waals surface area contributed by atoms with Gasteiger partial charge in [-0.2, -0.15) is 0 Å². The van der Waals surface area contributed by atoms with Crippen molar-refractivity contribution < 1.29 is 9.84 Å². The van der Waals surface area contributed by atoms with Crippen LogP contribution in [0, 0.1) is 5.92 Å². The molecule has 2 nitrogen and oxygen atoms in total. The Morgan fingerprint density at radius 3 is 2.89 bits per heavy atom. The van der Waals surface area contributed by atoms with Gasteiger partial charge in [0.05, 0.1) is 12.7 Å². The molecule has 52 valence electrons. The van der Waals surface area contributed by atoms with Crippen LogP contribution in [0.15, 0.2) is 12.7 Å². The molecule has 0 amide bonds. The van der Waals surface area contributed by atoms with Crippen molar-refractivity contribution in [2.24, 2.45) is 5.92 Å². The fourth-order valence-corrected chi connectivity index (χ4v) is 0.974. The van der Waals surface area contributed by atoms with Crippen LogP contribution in [0.2, 0.25) is 0 Å². The normalized spacial score (nSPS) is 36.1. The van der Waals surface area contributed by atoms with E-state index >= 15 is 0 Å². The Morgan fingerprint density at radius 1 is 1.67 bits per heavy atom. The topological polar surface area (TPSA) is 29.5 Å². The van der Waals surface area contributed by atoms with Gasteiger partial charge in [-0.25, -0.2) is 0 Å². The highest BCUT2D eigenvalue weighted by Gasteiger charge is 2.19. The third-order valence-corrected chi connectivity index (χ3v) is 1.67. The van der Waals surface area contributed by atoms with E-state index in [4.69, 9.17) is 4.74 Å². The van der Waals surface area contributed by atoms with Crippen LogP contribution in [0.5, 0.6) is 0 Å². The Morgan fingerprint density at radius 2 is 2.44 bits per heavy atom. The molecule has 1 aliphatic rings. The Kier molecular flexibility index (Phi) is 2.25. The summed E-state index contributed by atoms with van der Waals surface area (Å²) < 4.78 is 5.11. The first-order valence-electron chi connectivity index (χ1n) is 3.23. The molecule has 0 saturated carbocycles. The number of ether oxygens (including phenoxy) is 1. The summed E-state index contributed by atoms with van der Waals surface area (Å²) in [5.41, 5.74) is 0. The average Bonchev–Trinajstić information content (AvgIpc) is 1.89. The zero-order chi connectivity index (χ0) is 6.69. The fraction of sp³-hybridized carbons (Fsp3) is 0.714. The Balaban J connectivity index is 2.38. The quantitative estimate of drug-likeness (QED) is 0.523. The first-order valence-corrected chi connectivity index (χ1v) is 3.23. The van der Waals surface area contributed by atoms with Crippen LogP contribution in [0.25, 0.3) is 0 Å². The fourth-order valence-electron chi connectivity index (χ4n) is 0.974. The van der Waals surface area contributed by atoms with Crippen LogP contribution in [-0.4, -0.2) is 24.4 Å². The second kappa shape index (κ2) is 2.99. The number of hydrogen-bond donors (Lipinski definition) is 1. The predicted octanol–water partition coefficient (Wildman–Crippen LogP) is 0.570. The maximum absolute atomic E-state index is 9.22. The standard InChI is InChI=1S/C7H12O2/c1-2-6-5-9-4-3-7(6)8/h2,6-8H,1,3-5H2/t6-,7-/m0/s1. The highest BCUT2D eigenvalue weighted by molar-refractivity contribution is 4.86. The van der Waals surface area contributed by atoms with Gasteiger partial charge in [0.1, 0.15) is 0 Å². The molecular weight excluding hydrogens is 116 g/mol. The molecule has 0 radical (unpaired) electrons. The molecule has 0 aliphatic carbocycles. The number of aliphatic hydroxyl groups excluding tert-OH is 1. The molecule has 1 aliphatic heterocycles. The van der Waals surface area contributed by atoms with Crippen molar-refractivity contribution >= 4 is 0 Å². The smallest absolute Gasteiger partial charge is 0.0646 e. The highest BCUT2D eigenvalue weighted by atomic mass is 16.5. The van der Waals surface area contributed by atoms with Gasteiger partial charge in [-0.05, 0) is 6.42 Å². The van der Waals surface area contributed by atoms with Gasteiger partial charge >= 0.3 is 0 Å². The van der Waals surface area contributed by atoms with E-state index in [-0.39, 0.29) is 12.0 Å². The molecule has 9 heavy (non-hydrogen) atoms. The second-order valence-electron chi connectivity index (χ2n) is 2.33. The molecule has 0 unspecified atom stereocenters. The number of aliphatic hydroxyl groups is 1. The minimum atomic E-state index is -0.226. The van der Waals surface area contributed by atoms with Gasteiger partial charge in [0.2, 0.25) is 0 Å². The predicted molar refractivity (Wildman–Crippen MR) is 35.1 cm³/mol. The van der Waals surface area contributed by atoms with Gasteiger partial charge in [-0.3, -0.25) is 0 Å². The van der Waals surface area contributed by atoms with Crippen molar-refractivity contribution in [3.8, 4) is 0 Å². The van der Waals surface area contributed by atoms with E-state index in [0.717, 1.165) is 6.42 Å². The van der Waals surface area contributed by atoms with E-state index < -0.39 is 0 Å². The molecule has 0 aromatic rings. The van der Waals surface area contributed by atoms with Gasteiger partial charge in [0.25, 0.3) is 0 Å². The second-order valence-corrected chi connectivity index (χ2v) is 2.33. The molecule has 0 bridgehead atoms. The lowest BCUT2D eigenvalue weighted by molar-refractivity contribution is -0.0175. The third-order valence-electron chi connectivity index (χ3n) is 1.67. The SMILES string of the molecule is C=C[C@H]1COCC[C@@H]1O. The summed E-state index contributed by atoms with van der Waals surface area (Å²) in [6, 6.07) is 0. The van der Waals surface area contributed by atoms with E-state index in [1.807, 2.05) is 0 Å². The largest absolute Gasteiger partial charge is 0.392 e. The Bertz CT molecular complexity index is 101. The van der Waals surface area contributed by atoms with Crippen molar-refractivity contribution in [2.75, 3.05) is 13.2 Å². The molecule has 1 rings (SSSR count). The highest BCUT2D eigenvalue weighted by Crippen LogP contribution is 2.14. The van der Waals surface area contributed by atoms with Gasteiger partial charge in [-0.1, -0.05) is 6.08 Å². The van der Waals surface area contributed by atoms with Gasteiger partial charge in [0, 0.05) is 12.5 Å². The van der Waals surface area contributed by atoms with Crippen LogP contribution >= 0.6 is 0 Å². The zero-order valence-electron chi connectivity index (χ0n) is 5.42. The molecule has 1 fully saturated rings. The Hall–Kier alpha value is -0.340. The van der Waals surface area contributed by atoms with E-state index in [2.05, 4.69) is 6.58 Å². The van der Waals surface area contributed by atoms with Gasteiger partial charge < -0.3 is 9.84 Å². The van der Waals surface area contributed by atoms with Crippen molar-refractivity contribution in [3.05, 3.63) is 12.7 Å². The summed E-state index contributed by atoms with van der Waals surface area (Å²) in [5, 5.41) is 9.22. The third kappa shape index (κ3) is 1.53. The van der Waals surface area contributed by atoms with E-state index in [0.29, 0.717) is 13.2 Å². The Labute approximate surface area is 55.1 Å². The maximum Gasteiger partial charge on any atom is 0.0646 e. The molecule has 1 heterocycles. The van der Waals surface area contributed by atoms with Crippen LogP contribution < -0.4 is 0 Å². The minimum Gasteiger partial charge on any atom is -0.392 e. The lowest BCUT2D eigenvalue weighted by Gasteiger charge is -2.24. The van der Waals surface area contributed by atoms with Crippen LogP contribution in [0.3, 0.4) is 0 Å². The molecule has 0 spiro atoms. The lowest BCUT2D eigenvalue weighted by Crippen LogP contribution is -2.29. The van der Waals surface area contributed by atoms with E-state index in [1.165, 1.54) is 0 Å². The summed E-state index contributed by atoms with van der Waals surface area (Å²) >= 11 is 0. The first-order chi connectivity index (χ1) is 4.34. The molecule has 2 atom stereocenters. The lowest BCUT2D eigenvalue weighted by atomic mass is 9.99. The maximum atomic E-state index is 9.22. The van der Waals surface area contributed by atoms with Crippen molar-refractivity contribution in [1.82, 2.24) is 0 Å². The van der Waals surface area contributed by atoms with E-state index in [9.17, 15) is 5.11 Å². The summed E-state index contributed by atoms with van der Waals surface area (Å²) in [7, 11) is 0. The molecule has 1 N–H and O–H groups in total. The average molecular weight is 128 g/mol. The van der Waals surface area contributed by atoms with Crippen molar-refractivity contribution in [1.29, 1.82) is 0 Å². The summed E-state index contributed by atoms with van der Waals surface area (Å²) in [6.45, 7) is 4.91. The summed E-state index contributed by atoms with van der Waals surface area (Å²) in [4.78, 5) is 0.